The van der Waals surface area contributed by atoms with Crippen molar-refractivity contribution in [2.24, 2.45) is 0 Å². The van der Waals surface area contributed by atoms with E-state index < -0.39 is 14.5 Å². The molecule has 7 heteroatoms. The molecule has 4 aliphatic rings. The van der Waals surface area contributed by atoms with Crippen LogP contribution in [0.1, 0.15) is 103 Å². The summed E-state index contributed by atoms with van der Waals surface area (Å²) in [6, 6.07) is 3.31. The summed E-state index contributed by atoms with van der Waals surface area (Å²) >= 11 is -0.484. The summed E-state index contributed by atoms with van der Waals surface area (Å²) in [6.07, 6.45) is 9.79. The van der Waals surface area contributed by atoms with Crippen LogP contribution in [-0.2, 0) is 0 Å². The van der Waals surface area contributed by atoms with E-state index in [9.17, 15) is 19.2 Å². The second-order valence-corrected chi connectivity index (χ2v) is 11.4. The number of rotatable bonds is 2. The summed E-state index contributed by atoms with van der Waals surface area (Å²) in [5.74, 6) is -0.983. The minimum atomic E-state index is -0.484. The zero-order chi connectivity index (χ0) is 21.3. The van der Waals surface area contributed by atoms with Crippen molar-refractivity contribution < 1.29 is 19.2 Å². The fraction of sp³-hybridized carbons (Fsp3) is 0.500. The van der Waals surface area contributed by atoms with E-state index in [-0.39, 0.29) is 35.7 Å². The van der Waals surface area contributed by atoms with Crippen molar-refractivity contribution in [1.29, 1.82) is 0 Å². The molecule has 2 saturated carbocycles. The van der Waals surface area contributed by atoms with Crippen LogP contribution in [0.25, 0.3) is 10.8 Å². The van der Waals surface area contributed by atoms with Crippen molar-refractivity contribution in [1.82, 2.24) is 9.80 Å². The Morgan fingerprint density at radius 3 is 1.35 bits per heavy atom. The average molecular weight is 483 g/mol. The van der Waals surface area contributed by atoms with Crippen molar-refractivity contribution in [2.45, 2.75) is 76.3 Å². The van der Waals surface area contributed by atoms with Crippen LogP contribution in [0, 0.1) is 0 Å². The first-order valence-electron chi connectivity index (χ1n) is 11.4. The molecule has 0 bridgehead atoms. The van der Waals surface area contributed by atoms with Gasteiger partial charge in [0, 0.05) is 0 Å². The Bertz CT molecular complexity index is 1070. The van der Waals surface area contributed by atoms with Gasteiger partial charge in [-0.1, -0.05) is 0 Å². The number of imide groups is 2. The summed E-state index contributed by atoms with van der Waals surface area (Å²) < 4.78 is 1.18. The third-order valence-corrected chi connectivity index (χ3v) is 9.91. The molecule has 0 saturated heterocycles. The van der Waals surface area contributed by atoms with Gasteiger partial charge < -0.3 is 0 Å². The number of carbonyl (C=O) groups is 4. The Morgan fingerprint density at radius 2 is 0.968 bits per heavy atom. The monoisotopic (exact) mass is 484 g/mol. The van der Waals surface area contributed by atoms with Gasteiger partial charge in [0.05, 0.1) is 0 Å². The van der Waals surface area contributed by atoms with Crippen LogP contribution in [0.2, 0.25) is 0 Å². The molecule has 1 aromatic carbocycles. The maximum atomic E-state index is 13.5. The summed E-state index contributed by atoms with van der Waals surface area (Å²) in [5.41, 5.74) is 0.977. The summed E-state index contributed by atoms with van der Waals surface area (Å²) in [4.78, 5) is 56.6. The van der Waals surface area contributed by atoms with Gasteiger partial charge in [-0.25, -0.2) is 0 Å². The van der Waals surface area contributed by atoms with E-state index in [1.165, 1.54) is 9.80 Å². The molecule has 160 valence electrons. The number of nitrogens with zero attached hydrogens (tertiary/aromatic N) is 2. The molecule has 2 aliphatic carbocycles. The van der Waals surface area contributed by atoms with Crippen molar-refractivity contribution in [3.05, 3.63) is 32.1 Å². The minimum absolute atomic E-state index is 0.0569. The van der Waals surface area contributed by atoms with Crippen molar-refractivity contribution >= 4 is 48.9 Å². The van der Waals surface area contributed by atoms with Gasteiger partial charge in [0.15, 0.2) is 0 Å². The van der Waals surface area contributed by atoms with Crippen molar-refractivity contribution in [2.75, 3.05) is 0 Å². The van der Waals surface area contributed by atoms with Crippen LogP contribution in [0.15, 0.2) is 12.1 Å². The topological polar surface area (TPSA) is 74.8 Å². The molecular weight excluding hydrogens is 459 g/mol. The normalized spacial score (nSPS) is 22.7. The van der Waals surface area contributed by atoms with Gasteiger partial charge in [-0.05, 0) is 0 Å². The van der Waals surface area contributed by atoms with Crippen molar-refractivity contribution in [3.63, 3.8) is 0 Å². The second kappa shape index (κ2) is 7.14. The number of carbonyl (C=O) groups excluding carboxylic acids is 4. The molecule has 31 heavy (non-hydrogen) atoms. The Hall–Kier alpha value is -2.24. The Morgan fingerprint density at radius 1 is 0.581 bits per heavy atom. The van der Waals surface area contributed by atoms with Gasteiger partial charge in [0.2, 0.25) is 0 Å². The van der Waals surface area contributed by atoms with E-state index in [1.54, 1.807) is 12.1 Å². The summed E-state index contributed by atoms with van der Waals surface area (Å²) in [7, 11) is 0. The van der Waals surface area contributed by atoms with Crippen LogP contribution in [-0.4, -0.2) is 60.0 Å². The fourth-order valence-corrected chi connectivity index (χ4v) is 8.47. The van der Waals surface area contributed by atoms with E-state index >= 15 is 0 Å². The third kappa shape index (κ3) is 2.69. The molecule has 0 unspecified atom stereocenters. The Balaban J connectivity index is 1.49. The van der Waals surface area contributed by atoms with Crippen LogP contribution < -0.4 is 0 Å². The molecule has 2 aliphatic heterocycles. The SMILES string of the molecule is O=C1c2ccc3c4c([se]c(c24)C(=O)N1C1CCCCC1)C(=O)N(C1CCCCC1)C3=O. The molecule has 0 radical (unpaired) electrons. The van der Waals surface area contributed by atoms with Crippen LogP contribution in [0.5, 0.6) is 0 Å². The van der Waals surface area contributed by atoms with E-state index in [0.29, 0.717) is 30.8 Å². The van der Waals surface area contributed by atoms with E-state index in [4.69, 9.17) is 0 Å². The first kappa shape index (κ1) is 19.4. The van der Waals surface area contributed by atoms with E-state index in [2.05, 4.69) is 0 Å². The van der Waals surface area contributed by atoms with Crippen LogP contribution >= 0.6 is 0 Å². The average Bonchev–Trinajstić information content (AvgIpc) is 3.20. The second-order valence-electron chi connectivity index (χ2n) is 9.22. The zero-order valence-corrected chi connectivity index (χ0v) is 19.0. The molecule has 0 spiro atoms. The predicted molar refractivity (Wildman–Crippen MR) is 116 cm³/mol. The molecule has 4 amide bonds. The van der Waals surface area contributed by atoms with Gasteiger partial charge in [-0.2, -0.15) is 0 Å². The summed E-state index contributed by atoms with van der Waals surface area (Å²) in [5, 5.41) is 1.17. The zero-order valence-electron chi connectivity index (χ0n) is 17.3. The molecule has 0 atom stereocenters. The van der Waals surface area contributed by atoms with Gasteiger partial charge in [-0.3, -0.25) is 0 Å². The molecule has 1 aromatic heterocycles. The van der Waals surface area contributed by atoms with E-state index in [0.717, 1.165) is 64.2 Å². The third-order valence-electron chi connectivity index (χ3n) is 7.47. The predicted octanol–water partition coefficient (Wildman–Crippen LogP) is 3.75. The molecule has 0 N–H and O–H groups in total. The quantitative estimate of drug-likeness (QED) is 0.482. The van der Waals surface area contributed by atoms with Gasteiger partial charge >= 0.3 is 186 Å². The van der Waals surface area contributed by atoms with Gasteiger partial charge in [-0.15, -0.1) is 0 Å². The molecule has 6 rings (SSSR count). The number of hydrogen-bond acceptors (Lipinski definition) is 4. The molecular formula is C24H24N2O4Se. The van der Waals surface area contributed by atoms with Crippen LogP contribution in [0.3, 0.4) is 0 Å². The number of amides is 4. The first-order chi connectivity index (χ1) is 15.1. The molecule has 3 heterocycles. The fourth-order valence-electron chi connectivity index (χ4n) is 5.94. The summed E-state index contributed by atoms with van der Waals surface area (Å²) in [6.45, 7) is 0. The number of hydrogen-bond donors (Lipinski definition) is 0. The Labute approximate surface area is 186 Å². The first-order valence-corrected chi connectivity index (χ1v) is 13.1. The van der Waals surface area contributed by atoms with Crippen LogP contribution in [0.4, 0.5) is 0 Å². The Kier molecular flexibility index (Phi) is 4.48. The van der Waals surface area contributed by atoms with Gasteiger partial charge in [0.1, 0.15) is 0 Å². The van der Waals surface area contributed by atoms with Gasteiger partial charge in [0.25, 0.3) is 0 Å². The molecule has 2 aromatic rings. The molecule has 2 fully saturated rings. The standard InChI is InChI=1S/C24H24N2O4Se/c27-21-15-11-12-16-18-17(15)19(23(29)25(21)13-7-3-1-4-8-13)31-20(18)24(30)26(22(16)28)14-9-5-2-6-10-14/h11-14H,1-10H2. The number of benzene rings is 1. The maximum absolute atomic E-state index is 13.5. The van der Waals surface area contributed by atoms with Crippen molar-refractivity contribution in [3.8, 4) is 0 Å². The molecule has 6 nitrogen and oxygen atoms in total. The van der Waals surface area contributed by atoms with E-state index in [1.807, 2.05) is 0 Å².